The van der Waals surface area contributed by atoms with E-state index >= 15 is 0 Å². The lowest BCUT2D eigenvalue weighted by Gasteiger charge is -2.43. The molecule has 0 heteroatoms. The zero-order chi connectivity index (χ0) is 37.4. The summed E-state index contributed by atoms with van der Waals surface area (Å²) in [6, 6.07) is 8.90. The summed E-state index contributed by atoms with van der Waals surface area (Å²) < 4.78 is 0. The summed E-state index contributed by atoms with van der Waals surface area (Å²) in [5.41, 5.74) is 10.5. The van der Waals surface area contributed by atoms with Crippen molar-refractivity contribution in [3.8, 4) is 0 Å². The molecule has 0 bridgehead atoms. The van der Waals surface area contributed by atoms with Gasteiger partial charge in [-0.25, -0.2) is 0 Å². The average Bonchev–Trinajstić information content (AvgIpc) is 3.45. The van der Waals surface area contributed by atoms with Gasteiger partial charge in [0.2, 0.25) is 0 Å². The number of hydrogen-bond acceptors (Lipinski definition) is 0. The van der Waals surface area contributed by atoms with Crippen LogP contribution in [-0.4, -0.2) is 0 Å². The molecule has 1 aromatic rings. The van der Waals surface area contributed by atoms with E-state index in [-0.39, 0.29) is 16.2 Å². The predicted molar refractivity (Wildman–Crippen MR) is 222 cm³/mol. The molecule has 0 heterocycles. The van der Waals surface area contributed by atoms with Gasteiger partial charge in [-0.3, -0.25) is 0 Å². The van der Waals surface area contributed by atoms with Gasteiger partial charge in [-0.2, -0.15) is 0 Å². The maximum absolute atomic E-state index is 4.22. The highest BCUT2D eigenvalue weighted by Crippen LogP contribution is 2.59. The molecule has 2 aliphatic rings. The summed E-state index contributed by atoms with van der Waals surface area (Å²) in [4.78, 5) is 0. The van der Waals surface area contributed by atoms with Crippen molar-refractivity contribution in [1.29, 1.82) is 0 Å². The van der Waals surface area contributed by atoms with Crippen LogP contribution in [0.4, 0.5) is 0 Å². The highest BCUT2D eigenvalue weighted by molar-refractivity contribution is 5.87. The first-order valence-corrected chi connectivity index (χ1v) is 18.7. The average molecular weight is 641 g/mol. The number of benzene rings is 1. The van der Waals surface area contributed by atoms with E-state index in [1.807, 2.05) is 81.4 Å². The fraction of sp³-hybridized carbons (Fsp3) is 0.489. The molecule has 0 spiro atoms. The van der Waals surface area contributed by atoms with Gasteiger partial charge in [0.1, 0.15) is 0 Å². The predicted octanol–water partition coefficient (Wildman–Crippen LogP) is 15.9. The van der Waals surface area contributed by atoms with Crippen molar-refractivity contribution in [2.45, 2.75) is 143 Å². The molecule has 0 saturated carbocycles. The topological polar surface area (TPSA) is 0 Å². The fourth-order valence-electron chi connectivity index (χ4n) is 7.28. The summed E-state index contributed by atoms with van der Waals surface area (Å²) in [6.07, 6.45) is 24.0. The maximum Gasteiger partial charge on any atom is 0.0192 e. The van der Waals surface area contributed by atoms with Gasteiger partial charge < -0.3 is 0 Å². The highest BCUT2D eigenvalue weighted by Gasteiger charge is 2.47. The summed E-state index contributed by atoms with van der Waals surface area (Å²) in [6.45, 7) is 46.6. The lowest BCUT2D eigenvalue weighted by molar-refractivity contribution is 0.197. The Morgan fingerprint density at radius 2 is 0.894 bits per heavy atom. The van der Waals surface area contributed by atoms with Crippen LogP contribution in [0.15, 0.2) is 126 Å². The minimum absolute atomic E-state index is 0.0391. The van der Waals surface area contributed by atoms with Crippen LogP contribution in [-0.2, 0) is 5.41 Å². The van der Waals surface area contributed by atoms with Crippen LogP contribution >= 0.6 is 0 Å². The van der Waals surface area contributed by atoms with Gasteiger partial charge in [0.25, 0.3) is 0 Å². The standard InChI is InChI=1S/C37H46.5C2H6/c1-11-19-29-27(15-5)31(20-12-2)36(9,33(29)22-14-4)25-35(7,8)26-37(10)32(21-13-3)28(16-6)30-23-17-18-24-34(30)37;5*1-2/h11-24H,5-6,25-26H2,1-4,7-10H3;5*1-2H3/b19-11-,20-12-,21-13-,22-14-;;;;;. The third-order valence-corrected chi connectivity index (χ3v) is 8.16. The molecule has 2 atom stereocenters. The van der Waals surface area contributed by atoms with Crippen LogP contribution in [0.3, 0.4) is 0 Å². The third-order valence-electron chi connectivity index (χ3n) is 8.16. The summed E-state index contributed by atoms with van der Waals surface area (Å²) >= 11 is 0. The summed E-state index contributed by atoms with van der Waals surface area (Å²) in [7, 11) is 0. The van der Waals surface area contributed by atoms with Gasteiger partial charge in [0.05, 0.1) is 0 Å². The fourth-order valence-corrected chi connectivity index (χ4v) is 7.28. The molecule has 1 aromatic carbocycles. The van der Waals surface area contributed by atoms with Gasteiger partial charge in [0, 0.05) is 10.8 Å². The van der Waals surface area contributed by atoms with Crippen LogP contribution in [0.25, 0.3) is 5.57 Å². The second-order valence-electron chi connectivity index (χ2n) is 11.6. The molecule has 3 rings (SSSR count). The quantitative estimate of drug-likeness (QED) is 0.239. The van der Waals surface area contributed by atoms with Crippen molar-refractivity contribution < 1.29 is 0 Å². The Bertz CT molecular complexity index is 1280. The van der Waals surface area contributed by atoms with Gasteiger partial charge in [-0.1, -0.05) is 195 Å². The minimum atomic E-state index is -0.124. The normalized spacial score (nSPS) is 20.0. The second kappa shape index (κ2) is 25.0. The van der Waals surface area contributed by atoms with Crippen LogP contribution < -0.4 is 0 Å². The molecule has 47 heavy (non-hydrogen) atoms. The van der Waals surface area contributed by atoms with Crippen molar-refractivity contribution in [3.05, 3.63) is 137 Å². The number of allylic oxidation sites excluding steroid dienone is 16. The minimum Gasteiger partial charge on any atom is -0.0984 e. The molecule has 0 N–H and O–H groups in total. The first-order chi connectivity index (χ1) is 22.6. The SMILES string of the molecule is C=CC1=C(/C=C\C)C(C)(CC(C)(C)CC2(C)C(/C=C\C)=C(C=C)c3ccccc32)C(/C=C\C)=C1/C=C\C.CC.CC.CC.CC.CC. The van der Waals surface area contributed by atoms with E-state index in [0.717, 1.165) is 12.8 Å². The number of rotatable bonds is 10. The number of hydrogen-bond donors (Lipinski definition) is 0. The van der Waals surface area contributed by atoms with E-state index < -0.39 is 0 Å². The molecule has 0 saturated heterocycles. The van der Waals surface area contributed by atoms with Crippen molar-refractivity contribution >= 4 is 5.57 Å². The van der Waals surface area contributed by atoms with Crippen LogP contribution in [0.2, 0.25) is 0 Å². The second-order valence-corrected chi connectivity index (χ2v) is 11.6. The smallest absolute Gasteiger partial charge is 0.0192 e. The lowest BCUT2D eigenvalue weighted by atomic mass is 9.61. The Labute approximate surface area is 295 Å². The zero-order valence-corrected chi connectivity index (χ0v) is 34.4. The molecule has 2 aliphatic carbocycles. The monoisotopic (exact) mass is 641 g/mol. The number of fused-ring (bicyclic) bond motifs is 1. The van der Waals surface area contributed by atoms with Crippen molar-refractivity contribution in [3.63, 3.8) is 0 Å². The van der Waals surface area contributed by atoms with Crippen LogP contribution in [0.5, 0.6) is 0 Å². The van der Waals surface area contributed by atoms with Crippen molar-refractivity contribution in [2.24, 2.45) is 10.8 Å². The molecule has 0 fully saturated rings. The Hall–Kier alpha value is -3.12. The first kappa shape index (κ1) is 48.3. The Kier molecular flexibility index (Phi) is 25.7. The molecule has 0 amide bonds. The van der Waals surface area contributed by atoms with E-state index in [1.165, 1.54) is 44.6 Å². The molecule has 0 radical (unpaired) electrons. The van der Waals surface area contributed by atoms with E-state index in [1.54, 1.807) is 0 Å². The van der Waals surface area contributed by atoms with Gasteiger partial charge in [-0.05, 0) is 90.5 Å². The van der Waals surface area contributed by atoms with Crippen LogP contribution in [0, 0.1) is 10.8 Å². The molecule has 264 valence electrons. The highest BCUT2D eigenvalue weighted by atomic mass is 14.5. The van der Waals surface area contributed by atoms with E-state index in [0.29, 0.717) is 0 Å². The van der Waals surface area contributed by atoms with E-state index in [2.05, 4.69) is 141 Å². The maximum atomic E-state index is 4.22. The first-order valence-electron chi connectivity index (χ1n) is 18.7. The molecule has 2 unspecified atom stereocenters. The van der Waals surface area contributed by atoms with Crippen molar-refractivity contribution in [2.75, 3.05) is 0 Å². The largest absolute Gasteiger partial charge is 0.0984 e. The van der Waals surface area contributed by atoms with Crippen LogP contribution in [0.1, 0.15) is 149 Å². The Morgan fingerprint density at radius 1 is 0.532 bits per heavy atom. The molecule has 0 aromatic heterocycles. The molecular formula is C47H76. The molecule has 0 nitrogen and oxygen atoms in total. The lowest BCUT2D eigenvalue weighted by Crippen LogP contribution is -2.34. The third kappa shape index (κ3) is 11.2. The zero-order valence-electron chi connectivity index (χ0n) is 34.4. The van der Waals surface area contributed by atoms with Gasteiger partial charge in [0.15, 0.2) is 0 Å². The van der Waals surface area contributed by atoms with Gasteiger partial charge >= 0.3 is 0 Å². The molecule has 0 aliphatic heterocycles. The van der Waals surface area contributed by atoms with Gasteiger partial charge in [-0.15, -0.1) is 0 Å². The van der Waals surface area contributed by atoms with Crippen molar-refractivity contribution in [1.82, 2.24) is 0 Å². The molecular weight excluding hydrogens is 565 g/mol. The summed E-state index contributed by atoms with van der Waals surface area (Å²) in [5, 5.41) is 0. The van der Waals surface area contributed by atoms with E-state index in [4.69, 9.17) is 0 Å². The van der Waals surface area contributed by atoms with E-state index in [9.17, 15) is 0 Å². The Morgan fingerprint density at radius 3 is 1.30 bits per heavy atom. The summed E-state index contributed by atoms with van der Waals surface area (Å²) in [5.74, 6) is 0. The Balaban J connectivity index is -0.00000176.